The van der Waals surface area contributed by atoms with E-state index >= 15 is 0 Å². The molecule has 1 N–H and O–H groups in total. The van der Waals surface area contributed by atoms with Crippen LogP contribution in [-0.4, -0.2) is 36.6 Å². The molecule has 3 nitrogen and oxygen atoms in total. The second-order valence-corrected chi connectivity index (χ2v) is 4.07. The van der Waals surface area contributed by atoms with Crippen LogP contribution in [0.4, 0.5) is 0 Å². The van der Waals surface area contributed by atoms with Gasteiger partial charge < -0.3 is 10.2 Å². The summed E-state index contributed by atoms with van der Waals surface area (Å²) < 4.78 is 0. The van der Waals surface area contributed by atoms with E-state index in [0.717, 1.165) is 19.6 Å². The number of piperazine rings is 1. The van der Waals surface area contributed by atoms with Gasteiger partial charge in [0, 0.05) is 31.9 Å². The molecule has 2 heterocycles. The normalized spacial score (nSPS) is 19.5. The highest BCUT2D eigenvalue weighted by atomic mass is 35.5. The van der Waals surface area contributed by atoms with Crippen molar-refractivity contribution in [2.75, 3.05) is 26.7 Å². The van der Waals surface area contributed by atoms with Crippen LogP contribution in [0.25, 0.3) is 0 Å². The molecule has 0 saturated carbocycles. The maximum atomic E-state index is 5.74. The van der Waals surface area contributed by atoms with Crippen molar-refractivity contribution in [1.29, 1.82) is 0 Å². The van der Waals surface area contributed by atoms with Gasteiger partial charge in [-0.05, 0) is 18.7 Å². The number of hydrogen-bond donors (Lipinski definition) is 1. The summed E-state index contributed by atoms with van der Waals surface area (Å²) in [5, 5.41) is 4.01. The summed E-state index contributed by atoms with van der Waals surface area (Å²) in [5.41, 5.74) is 1.21. The van der Waals surface area contributed by atoms with E-state index in [2.05, 4.69) is 22.2 Å². The Labute approximate surface area is 126 Å². The third-order valence-corrected chi connectivity index (χ3v) is 2.75. The predicted molar refractivity (Wildman–Crippen MR) is 79.2 cm³/mol. The van der Waals surface area contributed by atoms with Gasteiger partial charge in [-0.15, -0.1) is 37.2 Å². The van der Waals surface area contributed by atoms with E-state index in [1.165, 1.54) is 5.56 Å². The van der Waals surface area contributed by atoms with Crippen LogP contribution >= 0.6 is 48.8 Å². The minimum atomic E-state index is 0. The Balaban J connectivity index is 0. The lowest BCUT2D eigenvalue weighted by molar-refractivity contribution is 0.240. The number of pyridine rings is 1. The van der Waals surface area contributed by atoms with Gasteiger partial charge >= 0.3 is 0 Å². The second kappa shape index (κ2) is 9.20. The van der Waals surface area contributed by atoms with Crippen molar-refractivity contribution in [1.82, 2.24) is 15.2 Å². The first-order valence-electron chi connectivity index (χ1n) is 4.79. The molecule has 1 aromatic heterocycles. The predicted octanol–water partition coefficient (Wildman–Crippen LogP) is 2.58. The van der Waals surface area contributed by atoms with Gasteiger partial charge in [0.2, 0.25) is 0 Å². The molecule has 0 bridgehead atoms. The van der Waals surface area contributed by atoms with Gasteiger partial charge in [0.05, 0.1) is 0 Å². The summed E-state index contributed by atoms with van der Waals surface area (Å²) in [7, 11) is 2.14. The smallest absolute Gasteiger partial charge is 0.129 e. The highest BCUT2D eigenvalue weighted by Gasteiger charge is 2.17. The summed E-state index contributed by atoms with van der Waals surface area (Å²) >= 11 is 5.74. The van der Waals surface area contributed by atoms with Crippen LogP contribution in [0.15, 0.2) is 18.3 Å². The molecule has 7 heteroatoms. The van der Waals surface area contributed by atoms with Gasteiger partial charge in [-0.3, -0.25) is 0 Å². The van der Waals surface area contributed by atoms with Crippen molar-refractivity contribution in [2.24, 2.45) is 0 Å². The minimum absolute atomic E-state index is 0. The van der Waals surface area contributed by atoms with Gasteiger partial charge in [-0.25, -0.2) is 4.98 Å². The highest BCUT2D eigenvalue weighted by molar-refractivity contribution is 6.29. The van der Waals surface area contributed by atoms with Crippen molar-refractivity contribution in [3.8, 4) is 0 Å². The van der Waals surface area contributed by atoms with Crippen molar-refractivity contribution in [2.45, 2.75) is 6.04 Å². The van der Waals surface area contributed by atoms with Crippen LogP contribution in [0.2, 0.25) is 5.15 Å². The lowest BCUT2D eigenvalue weighted by atomic mass is 10.1. The molecule has 0 aliphatic carbocycles. The maximum absolute atomic E-state index is 5.74. The summed E-state index contributed by atoms with van der Waals surface area (Å²) in [4.78, 5) is 6.40. The fourth-order valence-electron chi connectivity index (χ4n) is 1.71. The molecular formula is C10H17Cl4N3. The number of aromatic nitrogens is 1. The minimum Gasteiger partial charge on any atom is -0.308 e. The van der Waals surface area contributed by atoms with Gasteiger partial charge in [0.1, 0.15) is 5.15 Å². The molecule has 1 saturated heterocycles. The molecule has 1 atom stereocenters. The molecule has 1 fully saturated rings. The van der Waals surface area contributed by atoms with Crippen molar-refractivity contribution in [3.05, 3.63) is 29.0 Å². The number of nitrogens with one attached hydrogen (secondary N) is 1. The molecule has 0 aromatic carbocycles. The zero-order chi connectivity index (χ0) is 9.97. The van der Waals surface area contributed by atoms with Crippen LogP contribution in [0, 0.1) is 0 Å². The third-order valence-electron chi connectivity index (χ3n) is 2.53. The van der Waals surface area contributed by atoms with E-state index in [4.69, 9.17) is 11.6 Å². The molecule has 0 spiro atoms. The van der Waals surface area contributed by atoms with Gasteiger partial charge in [-0.1, -0.05) is 17.7 Å². The summed E-state index contributed by atoms with van der Waals surface area (Å²) in [5.74, 6) is 0. The van der Waals surface area contributed by atoms with E-state index in [9.17, 15) is 0 Å². The lowest BCUT2D eigenvalue weighted by Gasteiger charge is -2.30. The van der Waals surface area contributed by atoms with Crippen LogP contribution < -0.4 is 5.32 Å². The first-order chi connectivity index (χ1) is 6.75. The van der Waals surface area contributed by atoms with Crippen LogP contribution in [-0.2, 0) is 0 Å². The van der Waals surface area contributed by atoms with Gasteiger partial charge in [0.15, 0.2) is 0 Å². The average Bonchev–Trinajstić information content (AvgIpc) is 2.19. The standard InChI is InChI=1S/C10H14ClN3.3ClH/c1-14-5-4-12-9(7-14)8-2-3-10(11)13-6-8;;;/h2-3,6,9,12H,4-5,7H2,1H3;3*1H. The quantitative estimate of drug-likeness (QED) is 0.806. The zero-order valence-electron chi connectivity index (χ0n) is 9.43. The van der Waals surface area contributed by atoms with E-state index in [1.807, 2.05) is 18.3 Å². The first-order valence-corrected chi connectivity index (χ1v) is 5.17. The SMILES string of the molecule is CN1CCNC(c2ccc(Cl)nc2)C1.Cl.Cl.Cl. The Hall–Kier alpha value is 0.230. The van der Waals surface area contributed by atoms with Crippen LogP contribution in [0.5, 0.6) is 0 Å². The Bertz CT molecular complexity index is 307. The molecular weight excluding hydrogens is 304 g/mol. The van der Waals surface area contributed by atoms with E-state index in [1.54, 1.807) is 0 Å². The summed E-state index contributed by atoms with van der Waals surface area (Å²) in [6.07, 6.45) is 1.85. The lowest BCUT2D eigenvalue weighted by Crippen LogP contribution is -2.43. The van der Waals surface area contributed by atoms with Crippen molar-refractivity contribution in [3.63, 3.8) is 0 Å². The third kappa shape index (κ3) is 5.60. The molecule has 1 aromatic rings. The number of halogens is 4. The number of hydrogen-bond acceptors (Lipinski definition) is 3. The maximum Gasteiger partial charge on any atom is 0.129 e. The molecule has 1 aliphatic heterocycles. The first kappa shape index (κ1) is 19.6. The molecule has 100 valence electrons. The molecule has 1 aliphatic rings. The average molecular weight is 321 g/mol. The molecule has 1 unspecified atom stereocenters. The molecule has 0 amide bonds. The number of nitrogens with zero attached hydrogens (tertiary/aromatic N) is 2. The van der Waals surface area contributed by atoms with E-state index in [-0.39, 0.29) is 37.2 Å². The molecule has 17 heavy (non-hydrogen) atoms. The number of rotatable bonds is 1. The molecule has 0 radical (unpaired) electrons. The Kier molecular flexibility index (Phi) is 10.6. The van der Waals surface area contributed by atoms with Gasteiger partial charge in [0.25, 0.3) is 0 Å². The van der Waals surface area contributed by atoms with Crippen LogP contribution in [0.3, 0.4) is 0 Å². The Morgan fingerprint density at radius 3 is 2.59 bits per heavy atom. The molecule has 2 rings (SSSR count). The van der Waals surface area contributed by atoms with Crippen LogP contribution in [0.1, 0.15) is 11.6 Å². The fourth-order valence-corrected chi connectivity index (χ4v) is 1.83. The topological polar surface area (TPSA) is 28.2 Å². The van der Waals surface area contributed by atoms with Gasteiger partial charge in [-0.2, -0.15) is 0 Å². The van der Waals surface area contributed by atoms with E-state index in [0.29, 0.717) is 11.2 Å². The second-order valence-electron chi connectivity index (χ2n) is 3.68. The number of likely N-dealkylation sites (N-methyl/N-ethyl adjacent to an activating group) is 1. The van der Waals surface area contributed by atoms with E-state index < -0.39 is 0 Å². The Morgan fingerprint density at radius 1 is 1.35 bits per heavy atom. The fraction of sp³-hybridized carbons (Fsp3) is 0.500. The van der Waals surface area contributed by atoms with Crippen molar-refractivity contribution >= 4 is 48.8 Å². The summed E-state index contributed by atoms with van der Waals surface area (Å²) in [6, 6.07) is 4.26. The Morgan fingerprint density at radius 2 is 2.06 bits per heavy atom. The summed E-state index contributed by atoms with van der Waals surface area (Å²) in [6.45, 7) is 3.17. The largest absolute Gasteiger partial charge is 0.308 e. The highest BCUT2D eigenvalue weighted by Crippen LogP contribution is 2.16. The zero-order valence-corrected chi connectivity index (χ0v) is 12.6. The van der Waals surface area contributed by atoms with Crippen molar-refractivity contribution < 1.29 is 0 Å². The monoisotopic (exact) mass is 319 g/mol.